The summed E-state index contributed by atoms with van der Waals surface area (Å²) in [5.41, 5.74) is 2.24. The second-order valence-electron chi connectivity index (χ2n) is 5.05. The summed E-state index contributed by atoms with van der Waals surface area (Å²) in [6, 6.07) is 10.1. The topological polar surface area (TPSA) is 40.7 Å². The summed E-state index contributed by atoms with van der Waals surface area (Å²) >= 11 is 3.41. The first kappa shape index (κ1) is 12.2. The van der Waals surface area contributed by atoms with Gasteiger partial charge in [0.15, 0.2) is 5.82 Å². The van der Waals surface area contributed by atoms with Crippen molar-refractivity contribution in [2.24, 2.45) is 0 Å². The number of H-pyrrole nitrogens is 1. The first-order valence-corrected chi connectivity index (χ1v) is 6.33. The lowest BCUT2D eigenvalue weighted by Crippen LogP contribution is -2.11. The molecule has 1 aromatic carbocycles. The molecule has 0 bridgehead atoms. The fourth-order valence-electron chi connectivity index (χ4n) is 1.45. The van der Waals surface area contributed by atoms with Gasteiger partial charge in [-0.05, 0) is 24.3 Å². The second kappa shape index (κ2) is 4.53. The molecule has 0 saturated heterocycles. The molecule has 2 N–H and O–H groups in total. The zero-order chi connectivity index (χ0) is 12.5. The van der Waals surface area contributed by atoms with E-state index in [4.69, 9.17) is 0 Å². The number of nitrogens with zero attached hydrogens (tertiary/aromatic N) is 1. The van der Waals surface area contributed by atoms with Crippen LogP contribution in [0.15, 0.2) is 34.8 Å². The van der Waals surface area contributed by atoms with E-state index < -0.39 is 0 Å². The third-order valence-corrected chi connectivity index (χ3v) is 3.03. The molecule has 4 heteroatoms. The predicted octanol–water partition coefficient (Wildman–Crippen LogP) is 4.21. The standard InChI is InChI=1S/C13H16BrN3/c1-13(2,3)11-8-12(17-16-11)15-10-6-4-9(14)5-7-10/h4-8H,1-3H3,(H2,15,16,17). The predicted molar refractivity (Wildman–Crippen MR) is 74.7 cm³/mol. The van der Waals surface area contributed by atoms with Gasteiger partial charge in [0.25, 0.3) is 0 Å². The maximum atomic E-state index is 4.25. The molecule has 90 valence electrons. The van der Waals surface area contributed by atoms with E-state index >= 15 is 0 Å². The molecular weight excluding hydrogens is 278 g/mol. The Morgan fingerprint density at radius 3 is 2.35 bits per heavy atom. The van der Waals surface area contributed by atoms with Gasteiger partial charge >= 0.3 is 0 Å². The van der Waals surface area contributed by atoms with Gasteiger partial charge in [-0.2, -0.15) is 5.10 Å². The van der Waals surface area contributed by atoms with Crippen LogP contribution in [0.25, 0.3) is 0 Å². The van der Waals surface area contributed by atoms with E-state index in [1.165, 1.54) is 0 Å². The Labute approximate surface area is 110 Å². The van der Waals surface area contributed by atoms with E-state index in [1.54, 1.807) is 0 Å². The van der Waals surface area contributed by atoms with Gasteiger partial charge in [-0.3, -0.25) is 5.10 Å². The van der Waals surface area contributed by atoms with Gasteiger partial charge in [-0.25, -0.2) is 0 Å². The minimum Gasteiger partial charge on any atom is -0.339 e. The molecule has 2 rings (SSSR count). The van der Waals surface area contributed by atoms with Gasteiger partial charge in [-0.15, -0.1) is 0 Å². The Hall–Kier alpha value is -1.29. The number of benzene rings is 1. The van der Waals surface area contributed by atoms with Crippen molar-refractivity contribution in [2.45, 2.75) is 26.2 Å². The number of nitrogens with one attached hydrogen (secondary N) is 2. The summed E-state index contributed by atoms with van der Waals surface area (Å²) in [6.07, 6.45) is 0. The Kier molecular flexibility index (Phi) is 3.24. The lowest BCUT2D eigenvalue weighted by atomic mass is 9.92. The second-order valence-corrected chi connectivity index (χ2v) is 5.96. The van der Waals surface area contributed by atoms with Crippen LogP contribution in [0.5, 0.6) is 0 Å². The van der Waals surface area contributed by atoms with Gasteiger partial charge in [0.05, 0.1) is 0 Å². The zero-order valence-corrected chi connectivity index (χ0v) is 11.8. The van der Waals surface area contributed by atoms with E-state index in [0.29, 0.717) is 0 Å². The highest BCUT2D eigenvalue weighted by atomic mass is 79.9. The quantitative estimate of drug-likeness (QED) is 0.871. The number of anilines is 2. The van der Waals surface area contributed by atoms with Crippen LogP contribution in [0.1, 0.15) is 26.5 Å². The maximum Gasteiger partial charge on any atom is 0.152 e. The SMILES string of the molecule is CC(C)(C)c1cc(Nc2ccc(Br)cc2)n[nH]1. The van der Waals surface area contributed by atoms with Crippen molar-refractivity contribution in [1.82, 2.24) is 10.2 Å². The molecule has 0 unspecified atom stereocenters. The molecular formula is C13H16BrN3. The van der Waals surface area contributed by atoms with Gasteiger partial charge in [0, 0.05) is 27.3 Å². The largest absolute Gasteiger partial charge is 0.339 e. The Bertz CT molecular complexity index is 494. The molecule has 0 aliphatic rings. The molecule has 0 amide bonds. The van der Waals surface area contributed by atoms with Crippen LogP contribution in [-0.2, 0) is 5.41 Å². The van der Waals surface area contributed by atoms with E-state index in [9.17, 15) is 0 Å². The van der Waals surface area contributed by atoms with Gasteiger partial charge in [-0.1, -0.05) is 36.7 Å². The van der Waals surface area contributed by atoms with Crippen LogP contribution in [-0.4, -0.2) is 10.2 Å². The molecule has 2 aromatic rings. The number of rotatable bonds is 2. The van der Waals surface area contributed by atoms with E-state index in [2.05, 4.69) is 52.2 Å². The van der Waals surface area contributed by atoms with Crippen LogP contribution < -0.4 is 5.32 Å². The summed E-state index contributed by atoms with van der Waals surface area (Å²) in [5, 5.41) is 10.6. The average molecular weight is 294 g/mol. The molecule has 0 aliphatic heterocycles. The van der Waals surface area contributed by atoms with Crippen LogP contribution >= 0.6 is 15.9 Å². The van der Waals surface area contributed by atoms with Crippen molar-refractivity contribution in [3.05, 3.63) is 40.5 Å². The fourth-order valence-corrected chi connectivity index (χ4v) is 1.72. The molecule has 0 aliphatic carbocycles. The van der Waals surface area contributed by atoms with Crippen LogP contribution in [0.2, 0.25) is 0 Å². The van der Waals surface area contributed by atoms with E-state index in [1.807, 2.05) is 30.3 Å². The van der Waals surface area contributed by atoms with E-state index in [-0.39, 0.29) is 5.41 Å². The Balaban J connectivity index is 2.14. The first-order chi connectivity index (χ1) is 7.95. The minimum absolute atomic E-state index is 0.0899. The minimum atomic E-state index is 0.0899. The molecule has 0 radical (unpaired) electrons. The summed E-state index contributed by atoms with van der Waals surface area (Å²) in [6.45, 7) is 6.47. The molecule has 3 nitrogen and oxygen atoms in total. The van der Waals surface area contributed by atoms with Crippen molar-refractivity contribution < 1.29 is 0 Å². The Morgan fingerprint density at radius 1 is 1.18 bits per heavy atom. The molecule has 0 spiro atoms. The van der Waals surface area contributed by atoms with Gasteiger partial charge < -0.3 is 5.32 Å². The zero-order valence-electron chi connectivity index (χ0n) is 10.2. The number of aromatic amines is 1. The normalized spacial score (nSPS) is 11.5. The number of halogens is 1. The maximum absolute atomic E-state index is 4.25. The highest BCUT2D eigenvalue weighted by Crippen LogP contribution is 2.24. The van der Waals surface area contributed by atoms with Crippen molar-refractivity contribution >= 4 is 27.4 Å². The molecule has 0 saturated carbocycles. The lowest BCUT2D eigenvalue weighted by Gasteiger charge is -2.14. The number of hydrogen-bond acceptors (Lipinski definition) is 2. The molecule has 1 heterocycles. The van der Waals surface area contributed by atoms with Gasteiger partial charge in [0.2, 0.25) is 0 Å². The molecule has 0 fully saturated rings. The van der Waals surface area contributed by atoms with Crippen LogP contribution in [0.3, 0.4) is 0 Å². The van der Waals surface area contributed by atoms with Gasteiger partial charge in [0.1, 0.15) is 0 Å². The van der Waals surface area contributed by atoms with Crippen LogP contribution in [0, 0.1) is 0 Å². The third kappa shape index (κ3) is 3.09. The highest BCUT2D eigenvalue weighted by molar-refractivity contribution is 9.10. The smallest absolute Gasteiger partial charge is 0.152 e. The highest BCUT2D eigenvalue weighted by Gasteiger charge is 2.16. The summed E-state index contributed by atoms with van der Waals surface area (Å²) in [5.74, 6) is 0.845. The average Bonchev–Trinajstić information content (AvgIpc) is 2.69. The monoisotopic (exact) mass is 293 g/mol. The summed E-state index contributed by atoms with van der Waals surface area (Å²) in [7, 11) is 0. The van der Waals surface area contributed by atoms with E-state index in [0.717, 1.165) is 21.7 Å². The summed E-state index contributed by atoms with van der Waals surface area (Å²) < 4.78 is 1.07. The molecule has 0 atom stereocenters. The van der Waals surface area contributed by atoms with Crippen molar-refractivity contribution in [1.29, 1.82) is 0 Å². The fraction of sp³-hybridized carbons (Fsp3) is 0.308. The van der Waals surface area contributed by atoms with Crippen LogP contribution in [0.4, 0.5) is 11.5 Å². The number of aromatic nitrogens is 2. The first-order valence-electron chi connectivity index (χ1n) is 5.53. The summed E-state index contributed by atoms with van der Waals surface area (Å²) in [4.78, 5) is 0. The Morgan fingerprint density at radius 2 is 1.82 bits per heavy atom. The third-order valence-electron chi connectivity index (χ3n) is 2.50. The molecule has 1 aromatic heterocycles. The lowest BCUT2D eigenvalue weighted by molar-refractivity contribution is 0.567. The molecule has 17 heavy (non-hydrogen) atoms. The van der Waals surface area contributed by atoms with Crippen molar-refractivity contribution in [3.63, 3.8) is 0 Å². The van der Waals surface area contributed by atoms with Crippen molar-refractivity contribution in [2.75, 3.05) is 5.32 Å². The number of hydrogen-bond donors (Lipinski definition) is 2. The van der Waals surface area contributed by atoms with Crippen molar-refractivity contribution in [3.8, 4) is 0 Å².